The first kappa shape index (κ1) is 40.9. The lowest BCUT2D eigenvalue weighted by molar-refractivity contribution is -0.172. The van der Waals surface area contributed by atoms with E-state index in [1.165, 1.54) is 0 Å². The van der Waals surface area contributed by atoms with Crippen LogP contribution in [0.25, 0.3) is 0 Å². The summed E-state index contributed by atoms with van der Waals surface area (Å²) in [7, 11) is 0. The molecule has 2 heterocycles. The molecule has 4 aliphatic rings. The highest BCUT2D eigenvalue weighted by Gasteiger charge is 2.39. The third kappa shape index (κ3) is 12.3. The molecule has 0 aromatic heterocycles. The van der Waals surface area contributed by atoms with Crippen molar-refractivity contribution in [2.24, 2.45) is 35.0 Å². The van der Waals surface area contributed by atoms with Gasteiger partial charge in [0.15, 0.2) is 0 Å². The first-order chi connectivity index (χ1) is 24.3. The number of carbonyl (C=O) groups excluding carboxylic acids is 5. The number of amides is 5. The Hall–Kier alpha value is -2.89. The molecule has 16 nitrogen and oxygen atoms in total. The van der Waals surface area contributed by atoms with E-state index in [1.807, 2.05) is 13.8 Å². The van der Waals surface area contributed by atoms with Crippen molar-refractivity contribution in [2.45, 2.75) is 123 Å². The molecule has 0 aromatic carbocycles. The van der Waals surface area contributed by atoms with Crippen molar-refractivity contribution in [3.05, 3.63) is 0 Å². The van der Waals surface area contributed by atoms with Gasteiger partial charge in [0.25, 0.3) is 5.91 Å². The van der Waals surface area contributed by atoms with Crippen LogP contribution in [0.15, 0.2) is 0 Å². The molecule has 51 heavy (non-hydrogen) atoms. The van der Waals surface area contributed by atoms with Gasteiger partial charge in [0.1, 0.15) is 0 Å². The van der Waals surface area contributed by atoms with Crippen molar-refractivity contribution < 1.29 is 43.3 Å². The van der Waals surface area contributed by atoms with Gasteiger partial charge in [-0.1, -0.05) is 60.3 Å². The summed E-state index contributed by atoms with van der Waals surface area (Å²) in [5.41, 5.74) is 9.61. The van der Waals surface area contributed by atoms with E-state index in [-0.39, 0.29) is 23.6 Å². The highest BCUT2D eigenvalue weighted by atomic mass is 16.7. The van der Waals surface area contributed by atoms with Crippen molar-refractivity contribution >= 4 is 29.5 Å². The van der Waals surface area contributed by atoms with Gasteiger partial charge in [0.2, 0.25) is 23.6 Å². The van der Waals surface area contributed by atoms with Gasteiger partial charge in [-0.15, -0.1) is 0 Å². The highest BCUT2D eigenvalue weighted by Crippen LogP contribution is 2.29. The fraction of sp³-hybridized carbons (Fsp3) is 0.857. The Morgan fingerprint density at radius 3 is 1.41 bits per heavy atom. The van der Waals surface area contributed by atoms with Gasteiger partial charge in [-0.2, -0.15) is 0 Å². The minimum atomic E-state index is -0.665. The van der Waals surface area contributed by atoms with Crippen molar-refractivity contribution in [2.75, 3.05) is 32.7 Å². The fourth-order valence-corrected chi connectivity index (χ4v) is 6.90. The quantitative estimate of drug-likeness (QED) is 0.126. The number of piperidine rings is 2. The maximum absolute atomic E-state index is 13.4. The van der Waals surface area contributed by atoms with Gasteiger partial charge in [0, 0.05) is 25.0 Å². The van der Waals surface area contributed by atoms with Gasteiger partial charge in [0.05, 0.1) is 48.1 Å². The standard InChI is InChI=1S/C35H61N7O9/c1-21(2)18-38-30(43)24-19-36-16-14-28(24)49-39-31(44)22-10-6-8-12-26(22)48-41-33(46)25-20-37-17-15-29(25)50-40-32(45)23-11-7-9-13-27(23)51-42-34(47)35(3,4)5/h21-29,36-37H,6-20H2,1-5H3,(H,38,43)(H,39,44)(H,40,45)(H,41,46)(H,42,47)/t22-,23-,24-,25-,26-,27-,28-,29-/m1/s1. The van der Waals surface area contributed by atoms with Gasteiger partial charge >= 0.3 is 0 Å². The average Bonchev–Trinajstić information content (AvgIpc) is 3.13. The predicted octanol–water partition coefficient (Wildman–Crippen LogP) is 1.07. The summed E-state index contributed by atoms with van der Waals surface area (Å²) < 4.78 is 0. The second-order valence-corrected chi connectivity index (χ2v) is 15.8. The normalized spacial score (nSPS) is 30.2. The van der Waals surface area contributed by atoms with Crippen molar-refractivity contribution in [3.63, 3.8) is 0 Å². The zero-order valence-electron chi connectivity index (χ0n) is 31.0. The molecule has 0 aromatic rings. The SMILES string of the molecule is CC(C)CNC(=O)[C@@H]1CNCC[C@H]1ONC(=O)[C@@H]1CCCC[C@H]1ONC(=O)[C@@H]1CNCC[C@H]1ONC(=O)[C@@H]1CCCC[C@H]1ONC(=O)C(C)(C)C. The molecule has 0 radical (unpaired) electrons. The summed E-state index contributed by atoms with van der Waals surface area (Å²) in [5.74, 6) is -3.35. The Kier molecular flexibility index (Phi) is 15.9. The van der Waals surface area contributed by atoms with Gasteiger partial charge in [-0.05, 0) is 57.5 Å². The lowest BCUT2D eigenvalue weighted by Crippen LogP contribution is -2.53. The number of hydrogen-bond donors (Lipinski definition) is 7. The first-order valence-corrected chi connectivity index (χ1v) is 18.9. The molecule has 2 saturated heterocycles. The minimum Gasteiger partial charge on any atom is -0.355 e. The monoisotopic (exact) mass is 723 g/mol. The molecule has 4 fully saturated rings. The van der Waals surface area contributed by atoms with Crippen LogP contribution in [0, 0.1) is 35.0 Å². The molecule has 16 heteroatoms. The molecular weight excluding hydrogens is 662 g/mol. The van der Waals surface area contributed by atoms with Gasteiger partial charge < -0.3 is 16.0 Å². The lowest BCUT2D eigenvalue weighted by Gasteiger charge is -2.34. The molecule has 0 unspecified atom stereocenters. The zero-order chi connectivity index (χ0) is 37.0. The van der Waals surface area contributed by atoms with E-state index in [4.69, 9.17) is 19.4 Å². The molecule has 2 saturated carbocycles. The van der Waals surface area contributed by atoms with Crippen LogP contribution < -0.4 is 37.9 Å². The second-order valence-electron chi connectivity index (χ2n) is 15.8. The average molecular weight is 724 g/mol. The number of nitrogens with one attached hydrogen (secondary N) is 7. The van der Waals surface area contributed by atoms with Crippen LogP contribution in [0.1, 0.15) is 98.8 Å². The van der Waals surface area contributed by atoms with E-state index in [9.17, 15) is 24.0 Å². The summed E-state index contributed by atoms with van der Waals surface area (Å²) >= 11 is 0. The smallest absolute Gasteiger partial charge is 0.250 e. The summed E-state index contributed by atoms with van der Waals surface area (Å²) in [6.45, 7) is 12.0. The molecule has 2 aliphatic carbocycles. The molecule has 7 N–H and O–H groups in total. The Bertz CT molecular complexity index is 1180. The Morgan fingerprint density at radius 1 is 0.569 bits per heavy atom. The van der Waals surface area contributed by atoms with E-state index in [0.29, 0.717) is 77.2 Å². The molecule has 0 bridgehead atoms. The zero-order valence-corrected chi connectivity index (χ0v) is 31.0. The maximum atomic E-state index is 13.4. The molecule has 5 amide bonds. The Morgan fingerprint density at radius 2 is 0.961 bits per heavy atom. The molecule has 8 atom stereocenters. The van der Waals surface area contributed by atoms with Crippen LogP contribution in [-0.2, 0) is 43.3 Å². The number of hydroxylamine groups is 4. The number of hydrogen-bond acceptors (Lipinski definition) is 11. The van der Waals surface area contributed by atoms with Crippen LogP contribution in [-0.4, -0.2) is 86.7 Å². The maximum Gasteiger partial charge on any atom is 0.250 e. The summed E-state index contributed by atoms with van der Waals surface area (Å²) in [4.78, 5) is 88.3. The summed E-state index contributed by atoms with van der Waals surface area (Å²) in [6, 6.07) is 0. The molecule has 0 spiro atoms. The topological polar surface area (TPSA) is 206 Å². The third-order valence-corrected chi connectivity index (χ3v) is 10.2. The summed E-state index contributed by atoms with van der Waals surface area (Å²) in [5, 5.41) is 9.38. The largest absolute Gasteiger partial charge is 0.355 e. The van der Waals surface area contributed by atoms with Crippen LogP contribution in [0.5, 0.6) is 0 Å². The highest BCUT2D eigenvalue weighted by molar-refractivity contribution is 5.82. The van der Waals surface area contributed by atoms with E-state index in [0.717, 1.165) is 25.7 Å². The van der Waals surface area contributed by atoms with Crippen LogP contribution >= 0.6 is 0 Å². The number of carbonyl (C=O) groups is 5. The predicted molar refractivity (Wildman–Crippen MR) is 185 cm³/mol. The lowest BCUT2D eigenvalue weighted by atomic mass is 9.86. The molecule has 2 aliphatic heterocycles. The van der Waals surface area contributed by atoms with Gasteiger partial charge in [-0.25, -0.2) is 21.9 Å². The van der Waals surface area contributed by atoms with Crippen molar-refractivity contribution in [3.8, 4) is 0 Å². The second kappa shape index (κ2) is 19.8. The van der Waals surface area contributed by atoms with Crippen LogP contribution in [0.3, 0.4) is 0 Å². The van der Waals surface area contributed by atoms with Crippen LogP contribution in [0.2, 0.25) is 0 Å². The first-order valence-electron chi connectivity index (χ1n) is 18.9. The molecule has 4 rings (SSSR count). The van der Waals surface area contributed by atoms with E-state index >= 15 is 0 Å². The molecular formula is C35H61N7O9. The van der Waals surface area contributed by atoms with Crippen LogP contribution in [0.4, 0.5) is 0 Å². The molecule has 290 valence electrons. The van der Waals surface area contributed by atoms with Crippen molar-refractivity contribution in [1.82, 2.24) is 37.9 Å². The van der Waals surface area contributed by atoms with Gasteiger partial charge in [-0.3, -0.25) is 43.3 Å². The fourth-order valence-electron chi connectivity index (χ4n) is 6.90. The summed E-state index contributed by atoms with van der Waals surface area (Å²) in [6.07, 6.45) is 4.66. The van der Waals surface area contributed by atoms with Crippen molar-refractivity contribution in [1.29, 1.82) is 0 Å². The van der Waals surface area contributed by atoms with E-state index in [2.05, 4.69) is 37.9 Å². The Balaban J connectivity index is 1.26. The van der Waals surface area contributed by atoms with E-state index < -0.39 is 59.4 Å². The van der Waals surface area contributed by atoms with E-state index in [1.54, 1.807) is 20.8 Å². The third-order valence-electron chi connectivity index (χ3n) is 10.2. The number of rotatable bonds is 14. The minimum absolute atomic E-state index is 0.107. The Labute approximate surface area is 301 Å².